The number of nitrogens with one attached hydrogen (secondary N) is 1. The molecule has 0 aliphatic heterocycles. The van der Waals surface area contributed by atoms with Gasteiger partial charge < -0.3 is 10.7 Å². The smallest absolute Gasteiger partial charge is 0.195 e. The molecule has 0 unspecified atom stereocenters. The van der Waals surface area contributed by atoms with Crippen LogP contribution in [0.5, 0.6) is 0 Å². The number of anilines is 1. The molecular formula is C19H14N2O. The van der Waals surface area contributed by atoms with Gasteiger partial charge in [0.2, 0.25) is 0 Å². The second-order valence-electron chi connectivity index (χ2n) is 5.35. The average Bonchev–Trinajstić information content (AvgIpc) is 2.92. The number of carbonyl (C=O) groups excluding carboxylic acids is 1. The van der Waals surface area contributed by atoms with Gasteiger partial charge in [-0.15, -0.1) is 0 Å². The summed E-state index contributed by atoms with van der Waals surface area (Å²) in [6.07, 6.45) is 0. The SMILES string of the molecule is Nc1ccccc1C(=O)c1ccc2[nH]c3ccccc3c2c1. The lowest BCUT2D eigenvalue weighted by atomic mass is 10.00. The highest BCUT2D eigenvalue weighted by Crippen LogP contribution is 2.27. The third kappa shape index (κ3) is 1.87. The minimum atomic E-state index is -0.0507. The van der Waals surface area contributed by atoms with Gasteiger partial charge in [0.15, 0.2) is 5.78 Å². The van der Waals surface area contributed by atoms with E-state index in [-0.39, 0.29) is 5.78 Å². The summed E-state index contributed by atoms with van der Waals surface area (Å²) in [4.78, 5) is 16.0. The van der Waals surface area contributed by atoms with Crippen molar-refractivity contribution in [2.75, 3.05) is 5.73 Å². The fourth-order valence-electron chi connectivity index (χ4n) is 2.85. The number of H-pyrrole nitrogens is 1. The number of rotatable bonds is 2. The van der Waals surface area contributed by atoms with E-state index in [9.17, 15) is 4.79 Å². The number of benzene rings is 3. The molecule has 3 heteroatoms. The van der Waals surface area contributed by atoms with Crippen molar-refractivity contribution >= 4 is 33.3 Å². The summed E-state index contributed by atoms with van der Waals surface area (Å²) < 4.78 is 0. The Labute approximate surface area is 127 Å². The number of hydrogen-bond donors (Lipinski definition) is 2. The van der Waals surface area contributed by atoms with E-state index in [1.54, 1.807) is 12.1 Å². The van der Waals surface area contributed by atoms with Crippen LogP contribution in [0.4, 0.5) is 5.69 Å². The lowest BCUT2D eigenvalue weighted by molar-refractivity contribution is 0.103. The molecule has 3 N–H and O–H groups in total. The molecule has 22 heavy (non-hydrogen) atoms. The molecule has 106 valence electrons. The molecule has 4 aromatic rings. The number of aromatic nitrogens is 1. The predicted molar refractivity (Wildman–Crippen MR) is 90.1 cm³/mol. The Morgan fingerprint density at radius 1 is 0.818 bits per heavy atom. The molecule has 0 radical (unpaired) electrons. The first-order chi connectivity index (χ1) is 10.7. The fourth-order valence-corrected chi connectivity index (χ4v) is 2.85. The Balaban J connectivity index is 1.91. The Morgan fingerprint density at radius 3 is 2.41 bits per heavy atom. The van der Waals surface area contributed by atoms with Crippen molar-refractivity contribution in [3.8, 4) is 0 Å². The molecule has 1 heterocycles. The first-order valence-corrected chi connectivity index (χ1v) is 7.14. The zero-order valence-corrected chi connectivity index (χ0v) is 11.8. The highest BCUT2D eigenvalue weighted by atomic mass is 16.1. The zero-order chi connectivity index (χ0) is 15.1. The molecule has 0 saturated carbocycles. The summed E-state index contributed by atoms with van der Waals surface area (Å²) in [5.74, 6) is -0.0507. The van der Waals surface area contributed by atoms with Crippen LogP contribution in [-0.2, 0) is 0 Å². The molecule has 0 saturated heterocycles. The quantitative estimate of drug-likeness (QED) is 0.430. The summed E-state index contributed by atoms with van der Waals surface area (Å²) in [6.45, 7) is 0. The van der Waals surface area contributed by atoms with E-state index in [0.29, 0.717) is 16.8 Å². The Morgan fingerprint density at radius 2 is 1.55 bits per heavy atom. The van der Waals surface area contributed by atoms with Crippen LogP contribution < -0.4 is 5.73 Å². The van der Waals surface area contributed by atoms with Crippen LogP contribution in [0.25, 0.3) is 21.8 Å². The van der Waals surface area contributed by atoms with Gasteiger partial charge in [-0.05, 0) is 36.4 Å². The van der Waals surface area contributed by atoms with Gasteiger partial charge in [-0.1, -0.05) is 30.3 Å². The standard InChI is InChI=1S/C19H14N2O/c20-16-7-3-1-6-14(16)19(22)12-9-10-18-15(11-12)13-5-2-4-8-17(13)21-18/h1-11,21H,20H2. The second-order valence-corrected chi connectivity index (χ2v) is 5.35. The normalized spacial score (nSPS) is 11.1. The molecule has 0 aliphatic rings. The maximum Gasteiger partial charge on any atom is 0.195 e. The molecular weight excluding hydrogens is 272 g/mol. The van der Waals surface area contributed by atoms with E-state index >= 15 is 0 Å². The first kappa shape index (κ1) is 12.7. The molecule has 0 fully saturated rings. The number of nitrogen functional groups attached to an aromatic ring is 1. The molecule has 0 spiro atoms. The minimum absolute atomic E-state index is 0.0507. The topological polar surface area (TPSA) is 58.9 Å². The number of hydrogen-bond acceptors (Lipinski definition) is 2. The number of para-hydroxylation sites is 2. The number of fused-ring (bicyclic) bond motifs is 3. The van der Waals surface area contributed by atoms with Crippen LogP contribution >= 0.6 is 0 Å². The second kappa shape index (κ2) is 4.74. The predicted octanol–water partition coefficient (Wildman–Crippen LogP) is 4.13. The van der Waals surface area contributed by atoms with Gasteiger partial charge in [0.05, 0.1) is 0 Å². The lowest BCUT2D eigenvalue weighted by Crippen LogP contribution is -2.04. The van der Waals surface area contributed by atoms with Crippen molar-refractivity contribution in [1.29, 1.82) is 0 Å². The molecule has 0 aliphatic carbocycles. The van der Waals surface area contributed by atoms with E-state index < -0.39 is 0 Å². The van der Waals surface area contributed by atoms with Gasteiger partial charge in [-0.3, -0.25) is 4.79 Å². The third-order valence-electron chi connectivity index (χ3n) is 3.97. The number of carbonyl (C=O) groups is 1. The molecule has 4 rings (SSSR count). The highest BCUT2D eigenvalue weighted by molar-refractivity contribution is 6.16. The van der Waals surface area contributed by atoms with E-state index in [1.807, 2.05) is 48.5 Å². The van der Waals surface area contributed by atoms with Crippen molar-refractivity contribution in [1.82, 2.24) is 4.98 Å². The van der Waals surface area contributed by atoms with Gasteiger partial charge >= 0.3 is 0 Å². The molecule has 0 bridgehead atoms. The zero-order valence-electron chi connectivity index (χ0n) is 11.8. The summed E-state index contributed by atoms with van der Waals surface area (Å²) in [5.41, 5.74) is 9.71. The van der Waals surface area contributed by atoms with Gasteiger partial charge in [-0.25, -0.2) is 0 Å². The molecule has 1 aromatic heterocycles. The van der Waals surface area contributed by atoms with Crippen LogP contribution in [-0.4, -0.2) is 10.8 Å². The highest BCUT2D eigenvalue weighted by Gasteiger charge is 2.13. The van der Waals surface area contributed by atoms with Crippen LogP contribution in [0.2, 0.25) is 0 Å². The minimum Gasteiger partial charge on any atom is -0.398 e. The van der Waals surface area contributed by atoms with Crippen LogP contribution in [0, 0.1) is 0 Å². The maximum atomic E-state index is 12.7. The van der Waals surface area contributed by atoms with Crippen LogP contribution in [0.3, 0.4) is 0 Å². The van der Waals surface area contributed by atoms with E-state index in [4.69, 9.17) is 5.73 Å². The molecule has 3 nitrogen and oxygen atoms in total. The van der Waals surface area contributed by atoms with Crippen molar-refractivity contribution in [2.24, 2.45) is 0 Å². The first-order valence-electron chi connectivity index (χ1n) is 7.14. The lowest BCUT2D eigenvalue weighted by Gasteiger charge is -2.05. The van der Waals surface area contributed by atoms with Gasteiger partial charge in [0.25, 0.3) is 0 Å². The van der Waals surface area contributed by atoms with Gasteiger partial charge in [0, 0.05) is 38.6 Å². The summed E-state index contributed by atoms with van der Waals surface area (Å²) in [7, 11) is 0. The number of ketones is 1. The molecule has 0 atom stereocenters. The third-order valence-corrected chi connectivity index (χ3v) is 3.97. The van der Waals surface area contributed by atoms with E-state index in [2.05, 4.69) is 11.1 Å². The largest absolute Gasteiger partial charge is 0.398 e. The van der Waals surface area contributed by atoms with Crippen LogP contribution in [0.1, 0.15) is 15.9 Å². The van der Waals surface area contributed by atoms with Crippen molar-refractivity contribution in [3.05, 3.63) is 77.9 Å². The summed E-state index contributed by atoms with van der Waals surface area (Å²) >= 11 is 0. The van der Waals surface area contributed by atoms with Crippen molar-refractivity contribution in [3.63, 3.8) is 0 Å². The molecule has 3 aromatic carbocycles. The van der Waals surface area contributed by atoms with Crippen molar-refractivity contribution < 1.29 is 4.79 Å². The number of aromatic amines is 1. The fraction of sp³-hybridized carbons (Fsp3) is 0. The summed E-state index contributed by atoms with van der Waals surface area (Å²) in [5, 5.41) is 2.17. The average molecular weight is 286 g/mol. The van der Waals surface area contributed by atoms with Gasteiger partial charge in [0.1, 0.15) is 0 Å². The van der Waals surface area contributed by atoms with Gasteiger partial charge in [-0.2, -0.15) is 0 Å². The Bertz CT molecular complexity index is 1010. The van der Waals surface area contributed by atoms with Crippen molar-refractivity contribution in [2.45, 2.75) is 0 Å². The molecule has 0 amide bonds. The van der Waals surface area contributed by atoms with E-state index in [1.165, 1.54) is 0 Å². The monoisotopic (exact) mass is 286 g/mol. The van der Waals surface area contributed by atoms with Crippen LogP contribution in [0.15, 0.2) is 66.7 Å². The maximum absolute atomic E-state index is 12.7. The number of nitrogens with two attached hydrogens (primary N) is 1. The Kier molecular flexibility index (Phi) is 2.73. The Hall–Kier alpha value is -3.07. The van der Waals surface area contributed by atoms with E-state index in [0.717, 1.165) is 21.8 Å². The summed E-state index contributed by atoms with van der Waals surface area (Å²) in [6, 6.07) is 21.0.